The average molecular weight is 245 g/mol. The molecule has 0 saturated carbocycles. The van der Waals surface area contributed by atoms with Crippen molar-refractivity contribution in [1.82, 2.24) is 4.57 Å². The summed E-state index contributed by atoms with van der Waals surface area (Å²) in [6, 6.07) is 1.39. The molecule has 0 fully saturated rings. The number of carboxylic acids is 1. The smallest absolute Gasteiger partial charge is 0.341 e. The van der Waals surface area contributed by atoms with Gasteiger partial charge in [0.05, 0.1) is 5.69 Å². The molecule has 0 spiro atoms. The number of hydrogen-bond donors (Lipinski definition) is 1. The lowest BCUT2D eigenvalue weighted by Crippen LogP contribution is -2.23. The molecule has 0 aromatic carbocycles. The topological polar surface area (TPSA) is 68.5 Å². The Morgan fingerprint density at radius 2 is 2.28 bits per heavy atom. The molecule has 0 radical (unpaired) electrons. The van der Waals surface area contributed by atoms with E-state index in [0.29, 0.717) is 0 Å². The van der Waals surface area contributed by atoms with E-state index >= 15 is 0 Å². The van der Waals surface area contributed by atoms with Gasteiger partial charge in [-0.1, -0.05) is 6.08 Å². The predicted octanol–water partition coefficient (Wildman–Crippen LogP) is 1.60. The van der Waals surface area contributed by atoms with E-state index in [2.05, 4.69) is 0 Å². The Balaban J connectivity index is 2.20. The van der Waals surface area contributed by atoms with Crippen LogP contribution in [0.1, 0.15) is 28.9 Å². The molecule has 0 bridgehead atoms. The molecule has 0 unspecified atom stereocenters. The molecule has 92 valence electrons. The first-order chi connectivity index (χ1) is 8.66. The summed E-state index contributed by atoms with van der Waals surface area (Å²) in [5, 5.41) is 8.92. The summed E-state index contributed by atoms with van der Waals surface area (Å²) < 4.78 is 7.21. The van der Waals surface area contributed by atoms with Crippen molar-refractivity contribution in [1.29, 1.82) is 0 Å². The molecule has 2 aliphatic rings. The second-order valence-corrected chi connectivity index (χ2v) is 4.27. The van der Waals surface area contributed by atoms with Crippen LogP contribution in [0, 0.1) is 0 Å². The summed E-state index contributed by atoms with van der Waals surface area (Å²) in [5.74, 6) is -0.428. The van der Waals surface area contributed by atoms with Crippen LogP contribution in [0.15, 0.2) is 35.0 Å². The van der Waals surface area contributed by atoms with E-state index in [1.54, 1.807) is 4.57 Å². The van der Waals surface area contributed by atoms with Crippen LogP contribution in [0.4, 0.5) is 0 Å². The summed E-state index contributed by atoms with van der Waals surface area (Å²) in [7, 11) is 0. The molecule has 1 aliphatic carbocycles. The standard InChI is InChI=1S/C13H11NO4/c15-11-5-10-8-3-1-2-4-12(8)18-7-14(10)6-9(11)13(16)17/h2,4-6H,1,3,7H2,(H,16,17). The first-order valence-corrected chi connectivity index (χ1v) is 5.67. The maximum atomic E-state index is 11.7. The molecule has 1 N–H and O–H groups in total. The highest BCUT2D eigenvalue weighted by Gasteiger charge is 2.22. The Bertz CT molecular complexity index is 651. The van der Waals surface area contributed by atoms with Crippen molar-refractivity contribution in [2.75, 3.05) is 0 Å². The highest BCUT2D eigenvalue weighted by molar-refractivity contribution is 5.87. The van der Waals surface area contributed by atoms with Crippen molar-refractivity contribution in [2.45, 2.75) is 19.6 Å². The number of carbonyl (C=O) groups is 1. The van der Waals surface area contributed by atoms with E-state index < -0.39 is 11.4 Å². The number of rotatable bonds is 1. The van der Waals surface area contributed by atoms with Crippen molar-refractivity contribution in [3.8, 4) is 0 Å². The molecule has 5 nitrogen and oxygen atoms in total. The van der Waals surface area contributed by atoms with Crippen molar-refractivity contribution >= 4 is 11.5 Å². The lowest BCUT2D eigenvalue weighted by molar-refractivity contribution is 0.0693. The van der Waals surface area contributed by atoms with Crippen LogP contribution < -0.4 is 5.43 Å². The lowest BCUT2D eigenvalue weighted by atomic mass is 9.98. The molecule has 1 aromatic rings. The van der Waals surface area contributed by atoms with Crippen molar-refractivity contribution in [3.63, 3.8) is 0 Å². The van der Waals surface area contributed by atoms with Crippen molar-refractivity contribution in [3.05, 3.63) is 51.7 Å². The Labute approximate surface area is 103 Å². The molecule has 0 atom stereocenters. The minimum atomic E-state index is -1.21. The van der Waals surface area contributed by atoms with Gasteiger partial charge in [0.2, 0.25) is 0 Å². The molecule has 18 heavy (non-hydrogen) atoms. The normalized spacial score (nSPS) is 16.9. The first-order valence-electron chi connectivity index (χ1n) is 5.67. The Kier molecular flexibility index (Phi) is 2.33. The second-order valence-electron chi connectivity index (χ2n) is 4.27. The molecule has 5 heteroatoms. The summed E-state index contributed by atoms with van der Waals surface area (Å²) in [4.78, 5) is 22.6. The van der Waals surface area contributed by atoms with Gasteiger partial charge < -0.3 is 14.4 Å². The number of pyridine rings is 1. The predicted molar refractivity (Wildman–Crippen MR) is 64.0 cm³/mol. The summed E-state index contributed by atoms with van der Waals surface area (Å²) >= 11 is 0. The monoisotopic (exact) mass is 245 g/mol. The largest absolute Gasteiger partial charge is 0.477 e. The van der Waals surface area contributed by atoms with Gasteiger partial charge in [0.1, 0.15) is 11.3 Å². The highest BCUT2D eigenvalue weighted by atomic mass is 16.5. The number of fused-ring (bicyclic) bond motifs is 2. The first kappa shape index (κ1) is 10.8. The highest BCUT2D eigenvalue weighted by Crippen LogP contribution is 2.32. The number of carboxylic acid groups (broad SMARTS) is 1. The van der Waals surface area contributed by atoms with Gasteiger partial charge in [-0.05, 0) is 18.9 Å². The van der Waals surface area contributed by atoms with Crippen LogP contribution in [0.2, 0.25) is 0 Å². The van der Waals surface area contributed by atoms with E-state index in [1.165, 1.54) is 12.3 Å². The summed E-state index contributed by atoms with van der Waals surface area (Å²) in [6.45, 7) is 0.235. The summed E-state index contributed by atoms with van der Waals surface area (Å²) in [6.07, 6.45) is 6.98. The molecule has 0 amide bonds. The molecule has 3 rings (SSSR count). The number of aromatic carboxylic acids is 1. The second kappa shape index (κ2) is 3.87. The lowest BCUT2D eigenvalue weighted by Gasteiger charge is -2.26. The van der Waals surface area contributed by atoms with E-state index in [0.717, 1.165) is 29.9 Å². The Morgan fingerprint density at radius 3 is 3.06 bits per heavy atom. The van der Waals surface area contributed by atoms with Crippen LogP contribution in [-0.2, 0) is 11.5 Å². The van der Waals surface area contributed by atoms with Gasteiger partial charge in [0, 0.05) is 17.8 Å². The van der Waals surface area contributed by atoms with Gasteiger partial charge in [-0.15, -0.1) is 0 Å². The van der Waals surface area contributed by atoms with Gasteiger partial charge in [-0.3, -0.25) is 4.79 Å². The Hall–Kier alpha value is -2.30. The number of ether oxygens (including phenoxy) is 1. The van der Waals surface area contributed by atoms with Gasteiger partial charge in [0.15, 0.2) is 12.2 Å². The van der Waals surface area contributed by atoms with Crippen LogP contribution in [-0.4, -0.2) is 15.6 Å². The zero-order valence-electron chi connectivity index (χ0n) is 9.55. The number of aromatic nitrogens is 1. The third-order valence-corrected chi connectivity index (χ3v) is 3.15. The molecule has 2 heterocycles. The fraction of sp³-hybridized carbons (Fsp3) is 0.231. The van der Waals surface area contributed by atoms with Crippen LogP contribution >= 0.6 is 0 Å². The van der Waals surface area contributed by atoms with Crippen molar-refractivity contribution in [2.24, 2.45) is 0 Å². The van der Waals surface area contributed by atoms with Gasteiger partial charge in [0.25, 0.3) is 0 Å². The maximum Gasteiger partial charge on any atom is 0.341 e. The van der Waals surface area contributed by atoms with Gasteiger partial charge >= 0.3 is 5.97 Å². The Morgan fingerprint density at radius 1 is 1.44 bits per heavy atom. The van der Waals surface area contributed by atoms with E-state index in [-0.39, 0.29) is 12.3 Å². The number of nitrogens with zero attached hydrogens (tertiary/aromatic N) is 1. The summed E-state index contributed by atoms with van der Waals surface area (Å²) in [5.41, 5.74) is 1.04. The van der Waals surface area contributed by atoms with Gasteiger partial charge in [-0.25, -0.2) is 4.79 Å². The average Bonchev–Trinajstić information content (AvgIpc) is 2.37. The van der Waals surface area contributed by atoms with Crippen LogP contribution in [0.3, 0.4) is 0 Å². The van der Waals surface area contributed by atoms with Gasteiger partial charge in [-0.2, -0.15) is 0 Å². The third-order valence-electron chi connectivity index (χ3n) is 3.15. The van der Waals surface area contributed by atoms with E-state index in [1.807, 2.05) is 12.2 Å². The molecular weight excluding hydrogens is 234 g/mol. The van der Waals surface area contributed by atoms with Crippen LogP contribution in [0.5, 0.6) is 0 Å². The SMILES string of the molecule is O=C(O)c1cn2c(cc1=O)C1=C(C=CCC1)OC2. The minimum Gasteiger partial charge on any atom is -0.477 e. The van der Waals surface area contributed by atoms with Crippen molar-refractivity contribution < 1.29 is 14.6 Å². The van der Waals surface area contributed by atoms with Crippen LogP contribution in [0.25, 0.3) is 5.57 Å². The molecular formula is C13H11NO4. The molecule has 1 aliphatic heterocycles. The fourth-order valence-corrected chi connectivity index (χ4v) is 2.27. The molecule has 0 saturated heterocycles. The number of hydrogen-bond acceptors (Lipinski definition) is 3. The fourth-order valence-electron chi connectivity index (χ4n) is 2.27. The van der Waals surface area contributed by atoms with E-state index in [9.17, 15) is 9.59 Å². The number of allylic oxidation sites excluding steroid dienone is 3. The molecule has 1 aromatic heterocycles. The maximum absolute atomic E-state index is 11.7. The quantitative estimate of drug-likeness (QED) is 0.815. The van der Waals surface area contributed by atoms with E-state index in [4.69, 9.17) is 9.84 Å². The third kappa shape index (κ3) is 1.55. The zero-order valence-corrected chi connectivity index (χ0v) is 9.55. The zero-order chi connectivity index (χ0) is 12.7. The minimum absolute atomic E-state index is 0.224.